The molecule has 0 N–H and O–H groups in total. The van der Waals surface area contributed by atoms with Gasteiger partial charge in [0.2, 0.25) is 0 Å². The van der Waals surface area contributed by atoms with Gasteiger partial charge in [0.15, 0.2) is 0 Å². The highest BCUT2D eigenvalue weighted by Gasteiger charge is 2.26. The molecule has 1 fully saturated rings. The van der Waals surface area contributed by atoms with E-state index in [2.05, 4.69) is 0 Å². The smallest absolute Gasteiger partial charge is 0.174 e. The predicted octanol–water partition coefficient (Wildman–Crippen LogP) is 3.20. The van der Waals surface area contributed by atoms with E-state index in [1.165, 1.54) is 12.8 Å². The third kappa shape index (κ3) is 2.46. The monoisotopic (exact) mass is 146 g/mol. The van der Waals surface area contributed by atoms with Crippen LogP contribution in [0.2, 0.25) is 0 Å². The molecule has 0 aromatic carbocycles. The third-order valence-corrected chi connectivity index (χ3v) is 2.07. The summed E-state index contributed by atoms with van der Waals surface area (Å²) >= 11 is 0. The van der Waals surface area contributed by atoms with Gasteiger partial charge >= 0.3 is 0 Å². The van der Waals surface area contributed by atoms with Crippen LogP contribution in [-0.4, -0.2) is 0 Å². The minimum Gasteiger partial charge on any atom is -0.174 e. The number of rotatable bonds is 3. The molecule has 1 aliphatic carbocycles. The minimum absolute atomic E-state index is 0.460. The summed E-state index contributed by atoms with van der Waals surface area (Å²) in [5.74, 6) is 1.19. The Labute approximate surface area is 59.9 Å². The van der Waals surface area contributed by atoms with Gasteiger partial charge in [-0.3, -0.25) is 0 Å². The first kappa shape index (κ1) is 7.70. The number of hydrogen-bond acceptors (Lipinski definition) is 0. The summed E-state index contributed by atoms with van der Waals surface area (Å²) in [5, 5.41) is 0. The van der Waals surface area contributed by atoms with Crippen LogP contribution in [0.15, 0.2) is 12.2 Å². The van der Waals surface area contributed by atoms with Gasteiger partial charge in [0.05, 0.1) is 0 Å². The first-order chi connectivity index (χ1) is 4.70. The van der Waals surface area contributed by atoms with Gasteiger partial charge in [-0.2, -0.15) is 8.78 Å². The highest BCUT2D eigenvalue weighted by molar-refractivity contribution is 4.87. The van der Waals surface area contributed by atoms with E-state index >= 15 is 0 Å². The van der Waals surface area contributed by atoms with Crippen LogP contribution >= 0.6 is 0 Å². The molecule has 10 heavy (non-hydrogen) atoms. The molecule has 0 bridgehead atoms. The van der Waals surface area contributed by atoms with Gasteiger partial charge in [-0.05, 0) is 37.2 Å². The lowest BCUT2D eigenvalue weighted by atomic mass is 10.0. The van der Waals surface area contributed by atoms with E-state index in [1.54, 1.807) is 0 Å². The largest absolute Gasteiger partial charge is 0.266 e. The summed E-state index contributed by atoms with van der Waals surface area (Å²) in [6.07, 6.45) is 2.52. The molecule has 1 rings (SSSR count). The first-order valence-corrected chi connectivity index (χ1v) is 3.71. The minimum atomic E-state index is -1.53. The molecule has 0 spiro atoms. The van der Waals surface area contributed by atoms with E-state index in [9.17, 15) is 8.78 Å². The molecule has 1 aliphatic rings. The molecular formula is C8H12F2. The molecule has 2 heteroatoms. The predicted molar refractivity (Wildman–Crippen MR) is 36.8 cm³/mol. The number of allylic oxidation sites excluding steroid dienone is 1. The SMILES string of the molecule is CC(CC=C(F)F)C1CC1. The van der Waals surface area contributed by atoms with Gasteiger partial charge in [-0.15, -0.1) is 0 Å². The van der Waals surface area contributed by atoms with Crippen LogP contribution in [0.25, 0.3) is 0 Å². The third-order valence-electron chi connectivity index (χ3n) is 2.07. The molecule has 0 aliphatic heterocycles. The lowest BCUT2D eigenvalue weighted by Gasteiger charge is -2.03. The van der Waals surface area contributed by atoms with Crippen molar-refractivity contribution in [3.63, 3.8) is 0 Å². The second kappa shape index (κ2) is 3.13. The topological polar surface area (TPSA) is 0 Å². The Hall–Kier alpha value is -0.400. The summed E-state index contributed by atoms with van der Waals surface area (Å²) in [5.41, 5.74) is 0. The summed E-state index contributed by atoms with van der Waals surface area (Å²) in [7, 11) is 0. The van der Waals surface area contributed by atoms with E-state index in [1.807, 2.05) is 6.92 Å². The van der Waals surface area contributed by atoms with Crippen LogP contribution < -0.4 is 0 Å². The van der Waals surface area contributed by atoms with E-state index in [-0.39, 0.29) is 0 Å². The van der Waals surface area contributed by atoms with Gasteiger partial charge in [-0.1, -0.05) is 6.92 Å². The second-order valence-corrected chi connectivity index (χ2v) is 3.04. The molecular weight excluding hydrogens is 134 g/mol. The molecule has 0 saturated heterocycles. The van der Waals surface area contributed by atoms with Gasteiger partial charge < -0.3 is 0 Å². The van der Waals surface area contributed by atoms with Crippen molar-refractivity contribution in [3.05, 3.63) is 12.2 Å². The lowest BCUT2D eigenvalue weighted by Crippen LogP contribution is -1.93. The molecule has 0 nitrogen and oxygen atoms in total. The Morgan fingerprint density at radius 2 is 2.20 bits per heavy atom. The van der Waals surface area contributed by atoms with Crippen molar-refractivity contribution in [3.8, 4) is 0 Å². The average Bonchev–Trinajstić information content (AvgIpc) is 2.63. The zero-order valence-corrected chi connectivity index (χ0v) is 6.11. The quantitative estimate of drug-likeness (QED) is 0.573. The standard InChI is InChI=1S/C8H12F2/c1-6(7-3-4-7)2-5-8(9)10/h5-7H,2-4H2,1H3. The molecule has 1 atom stereocenters. The van der Waals surface area contributed by atoms with Crippen molar-refractivity contribution >= 4 is 0 Å². The van der Waals surface area contributed by atoms with Gasteiger partial charge in [0.25, 0.3) is 6.08 Å². The Kier molecular flexibility index (Phi) is 2.41. The Bertz CT molecular complexity index is 132. The summed E-state index contributed by atoms with van der Waals surface area (Å²) in [4.78, 5) is 0. The zero-order chi connectivity index (χ0) is 7.56. The van der Waals surface area contributed by atoms with E-state index in [4.69, 9.17) is 0 Å². The highest BCUT2D eigenvalue weighted by Crippen LogP contribution is 2.38. The molecule has 1 saturated carbocycles. The maximum absolute atomic E-state index is 11.5. The Morgan fingerprint density at radius 1 is 1.60 bits per heavy atom. The van der Waals surface area contributed by atoms with Crippen LogP contribution in [0, 0.1) is 11.8 Å². The van der Waals surface area contributed by atoms with Crippen LogP contribution in [0.1, 0.15) is 26.2 Å². The second-order valence-electron chi connectivity index (χ2n) is 3.04. The van der Waals surface area contributed by atoms with Gasteiger partial charge in [-0.25, -0.2) is 0 Å². The number of halogens is 2. The summed E-state index contributed by atoms with van der Waals surface area (Å²) in [6.45, 7) is 2.04. The summed E-state index contributed by atoms with van der Waals surface area (Å²) in [6, 6.07) is 0. The van der Waals surface area contributed by atoms with Gasteiger partial charge in [0.1, 0.15) is 0 Å². The summed E-state index contributed by atoms with van der Waals surface area (Å²) < 4.78 is 23.1. The van der Waals surface area contributed by atoms with Crippen LogP contribution in [0.3, 0.4) is 0 Å². The van der Waals surface area contributed by atoms with Crippen LogP contribution in [-0.2, 0) is 0 Å². The average molecular weight is 146 g/mol. The van der Waals surface area contributed by atoms with Crippen molar-refractivity contribution in [2.24, 2.45) is 11.8 Å². The maximum atomic E-state index is 11.5. The van der Waals surface area contributed by atoms with E-state index < -0.39 is 6.08 Å². The van der Waals surface area contributed by atoms with Crippen LogP contribution in [0.5, 0.6) is 0 Å². The first-order valence-electron chi connectivity index (χ1n) is 3.71. The van der Waals surface area contributed by atoms with Crippen molar-refractivity contribution in [2.45, 2.75) is 26.2 Å². The molecule has 0 aromatic heterocycles. The fraction of sp³-hybridized carbons (Fsp3) is 0.750. The molecule has 0 radical (unpaired) electrons. The molecule has 0 amide bonds. The maximum Gasteiger partial charge on any atom is 0.266 e. The Balaban J connectivity index is 2.17. The van der Waals surface area contributed by atoms with Crippen molar-refractivity contribution < 1.29 is 8.78 Å². The van der Waals surface area contributed by atoms with E-state index in [0.29, 0.717) is 12.3 Å². The Morgan fingerprint density at radius 3 is 2.60 bits per heavy atom. The lowest BCUT2D eigenvalue weighted by molar-refractivity contribution is 0.408. The highest BCUT2D eigenvalue weighted by atomic mass is 19.3. The number of hydrogen-bond donors (Lipinski definition) is 0. The zero-order valence-electron chi connectivity index (χ0n) is 6.11. The van der Waals surface area contributed by atoms with Crippen molar-refractivity contribution in [1.82, 2.24) is 0 Å². The molecule has 0 aromatic rings. The molecule has 58 valence electrons. The van der Waals surface area contributed by atoms with Gasteiger partial charge in [0, 0.05) is 0 Å². The van der Waals surface area contributed by atoms with Crippen LogP contribution in [0.4, 0.5) is 8.78 Å². The van der Waals surface area contributed by atoms with Crippen molar-refractivity contribution in [2.75, 3.05) is 0 Å². The molecule has 0 heterocycles. The normalized spacial score (nSPS) is 20.3. The fourth-order valence-electron chi connectivity index (χ4n) is 1.13. The fourth-order valence-corrected chi connectivity index (χ4v) is 1.13. The van der Waals surface area contributed by atoms with Crippen molar-refractivity contribution in [1.29, 1.82) is 0 Å². The van der Waals surface area contributed by atoms with E-state index in [0.717, 1.165) is 12.0 Å². The molecule has 1 unspecified atom stereocenters.